The van der Waals surface area contributed by atoms with Crippen LogP contribution in [0.4, 0.5) is 4.39 Å². The standard InChI is InChI=1S/C15H18FNO5/c1-3-22-15(20)8-14(19)17-9-11(18)6-10-4-5-12(16)13(7-10)21-2/h4-5,7H,3,6,8-9H2,1-2H3,(H,17,19). The predicted molar refractivity (Wildman–Crippen MR) is 75.9 cm³/mol. The zero-order valence-corrected chi connectivity index (χ0v) is 12.5. The first-order valence-electron chi connectivity index (χ1n) is 6.72. The highest BCUT2D eigenvalue weighted by Gasteiger charge is 2.12. The SMILES string of the molecule is CCOC(=O)CC(=O)NCC(=O)Cc1ccc(F)c(OC)c1. The molecule has 1 rings (SSSR count). The van der Waals surface area contributed by atoms with Gasteiger partial charge in [0.05, 0.1) is 20.3 Å². The van der Waals surface area contributed by atoms with E-state index in [4.69, 9.17) is 4.74 Å². The average Bonchev–Trinajstić information content (AvgIpc) is 2.47. The number of benzene rings is 1. The van der Waals surface area contributed by atoms with Gasteiger partial charge in [0.2, 0.25) is 5.91 Å². The van der Waals surface area contributed by atoms with E-state index in [0.717, 1.165) is 0 Å². The predicted octanol–water partition coefficient (Wildman–Crippen LogP) is 1.02. The Morgan fingerprint density at radius 2 is 2.00 bits per heavy atom. The largest absolute Gasteiger partial charge is 0.494 e. The number of nitrogens with one attached hydrogen (secondary N) is 1. The lowest BCUT2D eigenvalue weighted by atomic mass is 10.1. The fourth-order valence-electron chi connectivity index (χ4n) is 1.71. The Bertz CT molecular complexity index is 559. The summed E-state index contributed by atoms with van der Waals surface area (Å²) in [6.45, 7) is 1.62. The van der Waals surface area contributed by atoms with Gasteiger partial charge in [-0.3, -0.25) is 14.4 Å². The molecule has 0 aromatic heterocycles. The summed E-state index contributed by atoms with van der Waals surface area (Å²) in [4.78, 5) is 34.2. The van der Waals surface area contributed by atoms with Crippen molar-refractivity contribution < 1.29 is 28.2 Å². The quantitative estimate of drug-likeness (QED) is 0.572. The number of rotatable bonds is 8. The number of esters is 1. The van der Waals surface area contributed by atoms with Gasteiger partial charge in [-0.15, -0.1) is 0 Å². The van der Waals surface area contributed by atoms with Crippen LogP contribution in [0.25, 0.3) is 0 Å². The van der Waals surface area contributed by atoms with Crippen LogP contribution < -0.4 is 10.1 Å². The van der Waals surface area contributed by atoms with Crippen LogP contribution in [-0.2, 0) is 25.5 Å². The van der Waals surface area contributed by atoms with Crippen molar-refractivity contribution in [3.63, 3.8) is 0 Å². The highest BCUT2D eigenvalue weighted by atomic mass is 19.1. The Balaban J connectivity index is 2.43. The maximum atomic E-state index is 13.2. The van der Waals surface area contributed by atoms with Crippen molar-refractivity contribution in [3.05, 3.63) is 29.6 Å². The van der Waals surface area contributed by atoms with Crippen molar-refractivity contribution in [1.29, 1.82) is 0 Å². The van der Waals surface area contributed by atoms with E-state index in [9.17, 15) is 18.8 Å². The van der Waals surface area contributed by atoms with E-state index >= 15 is 0 Å². The second kappa shape index (κ2) is 8.76. The number of amides is 1. The summed E-state index contributed by atoms with van der Waals surface area (Å²) in [6, 6.07) is 4.10. The van der Waals surface area contributed by atoms with Gasteiger partial charge in [0, 0.05) is 6.42 Å². The third-order valence-electron chi connectivity index (χ3n) is 2.71. The molecule has 0 heterocycles. The molecule has 0 fully saturated rings. The third kappa shape index (κ3) is 5.90. The molecule has 0 bridgehead atoms. The monoisotopic (exact) mass is 311 g/mol. The molecule has 0 atom stereocenters. The van der Waals surface area contributed by atoms with E-state index in [1.807, 2.05) is 0 Å². The minimum absolute atomic E-state index is 0.0241. The van der Waals surface area contributed by atoms with E-state index in [0.29, 0.717) is 5.56 Å². The normalized spacial score (nSPS) is 9.95. The summed E-state index contributed by atoms with van der Waals surface area (Å²) in [5, 5.41) is 2.34. The van der Waals surface area contributed by atoms with Gasteiger partial charge in [-0.1, -0.05) is 6.07 Å². The van der Waals surface area contributed by atoms with Crippen molar-refractivity contribution in [2.75, 3.05) is 20.3 Å². The Labute approximate surface area is 127 Å². The molecule has 0 saturated carbocycles. The number of hydrogen-bond acceptors (Lipinski definition) is 5. The number of Topliss-reactive ketones (excluding diaryl/α,β-unsaturated/α-hetero) is 1. The van der Waals surface area contributed by atoms with Gasteiger partial charge in [-0.25, -0.2) is 4.39 Å². The summed E-state index contributed by atoms with van der Waals surface area (Å²) in [5.41, 5.74) is 0.572. The van der Waals surface area contributed by atoms with Crippen LogP contribution in [0.2, 0.25) is 0 Å². The summed E-state index contributed by atoms with van der Waals surface area (Å²) >= 11 is 0. The summed E-state index contributed by atoms with van der Waals surface area (Å²) in [7, 11) is 1.33. The molecule has 0 aliphatic heterocycles. The fourth-order valence-corrected chi connectivity index (χ4v) is 1.71. The van der Waals surface area contributed by atoms with Gasteiger partial charge in [0.1, 0.15) is 6.42 Å². The molecule has 0 unspecified atom stereocenters. The zero-order valence-electron chi connectivity index (χ0n) is 12.5. The summed E-state index contributed by atoms with van der Waals surface area (Å²) in [6.07, 6.45) is -0.401. The van der Waals surface area contributed by atoms with Crippen LogP contribution in [0.15, 0.2) is 18.2 Å². The van der Waals surface area contributed by atoms with Crippen LogP contribution in [0, 0.1) is 5.82 Å². The van der Waals surface area contributed by atoms with E-state index in [-0.39, 0.29) is 31.1 Å². The maximum Gasteiger partial charge on any atom is 0.315 e. The smallest absolute Gasteiger partial charge is 0.315 e. The lowest BCUT2D eigenvalue weighted by Gasteiger charge is -2.07. The fraction of sp³-hybridized carbons (Fsp3) is 0.400. The highest BCUT2D eigenvalue weighted by Crippen LogP contribution is 2.18. The van der Waals surface area contributed by atoms with Crippen LogP contribution >= 0.6 is 0 Å². The Morgan fingerprint density at radius 3 is 2.64 bits per heavy atom. The Hall–Kier alpha value is -2.44. The molecule has 1 aromatic rings. The molecule has 0 radical (unpaired) electrons. The molecule has 1 amide bonds. The van der Waals surface area contributed by atoms with Crippen LogP contribution in [-0.4, -0.2) is 37.9 Å². The molecule has 0 spiro atoms. The number of carbonyl (C=O) groups excluding carboxylic acids is 3. The molecule has 0 aliphatic rings. The highest BCUT2D eigenvalue weighted by molar-refractivity contribution is 5.96. The Kier molecular flexibility index (Phi) is 7.01. The summed E-state index contributed by atoms with van der Waals surface area (Å²) in [5.74, 6) is -1.96. The first kappa shape index (κ1) is 17.6. The number of methoxy groups -OCH3 is 1. The van der Waals surface area contributed by atoms with Crippen molar-refractivity contribution in [1.82, 2.24) is 5.32 Å². The van der Waals surface area contributed by atoms with Crippen molar-refractivity contribution in [2.45, 2.75) is 19.8 Å². The number of ether oxygens (including phenoxy) is 2. The van der Waals surface area contributed by atoms with Gasteiger partial charge in [-0.2, -0.15) is 0 Å². The molecule has 1 aromatic carbocycles. The van der Waals surface area contributed by atoms with Gasteiger partial charge in [0.25, 0.3) is 0 Å². The molecule has 0 aliphatic carbocycles. The van der Waals surface area contributed by atoms with Gasteiger partial charge < -0.3 is 14.8 Å². The number of ketones is 1. The first-order chi connectivity index (χ1) is 10.5. The maximum absolute atomic E-state index is 13.2. The molecule has 7 heteroatoms. The van der Waals surface area contributed by atoms with Gasteiger partial charge >= 0.3 is 5.97 Å². The Morgan fingerprint density at radius 1 is 1.27 bits per heavy atom. The molecular weight excluding hydrogens is 293 g/mol. The van der Waals surface area contributed by atoms with E-state index in [1.165, 1.54) is 25.3 Å². The molecule has 22 heavy (non-hydrogen) atoms. The second-order valence-electron chi connectivity index (χ2n) is 4.44. The van der Waals surface area contributed by atoms with E-state index in [1.54, 1.807) is 6.92 Å². The topological polar surface area (TPSA) is 81.7 Å². The van der Waals surface area contributed by atoms with Crippen molar-refractivity contribution in [2.24, 2.45) is 0 Å². The van der Waals surface area contributed by atoms with E-state index in [2.05, 4.69) is 10.1 Å². The first-order valence-corrected chi connectivity index (χ1v) is 6.72. The molecule has 1 N–H and O–H groups in total. The van der Waals surface area contributed by atoms with Gasteiger partial charge in [-0.05, 0) is 24.6 Å². The summed E-state index contributed by atoms with van der Waals surface area (Å²) < 4.78 is 22.7. The lowest BCUT2D eigenvalue weighted by molar-refractivity contribution is -0.146. The van der Waals surface area contributed by atoms with Crippen molar-refractivity contribution >= 4 is 17.7 Å². The van der Waals surface area contributed by atoms with Crippen LogP contribution in [0.5, 0.6) is 5.75 Å². The molecule has 0 saturated heterocycles. The molecule has 120 valence electrons. The van der Waals surface area contributed by atoms with Gasteiger partial charge in [0.15, 0.2) is 17.3 Å². The average molecular weight is 311 g/mol. The van der Waals surface area contributed by atoms with Crippen LogP contribution in [0.3, 0.4) is 0 Å². The minimum Gasteiger partial charge on any atom is -0.494 e. The second-order valence-corrected chi connectivity index (χ2v) is 4.44. The van der Waals surface area contributed by atoms with Crippen LogP contribution in [0.1, 0.15) is 18.9 Å². The molecule has 6 nitrogen and oxygen atoms in total. The third-order valence-corrected chi connectivity index (χ3v) is 2.71. The lowest BCUT2D eigenvalue weighted by Crippen LogP contribution is -2.32. The number of halogens is 1. The number of carbonyl (C=O) groups is 3. The number of hydrogen-bond donors (Lipinski definition) is 1. The minimum atomic E-state index is -0.643. The van der Waals surface area contributed by atoms with E-state index < -0.39 is 24.1 Å². The van der Waals surface area contributed by atoms with Crippen molar-refractivity contribution in [3.8, 4) is 5.75 Å². The zero-order chi connectivity index (χ0) is 16.5. The molecular formula is C15H18FNO5.